The van der Waals surface area contributed by atoms with Gasteiger partial charge in [0.15, 0.2) is 0 Å². The van der Waals surface area contributed by atoms with E-state index in [1.807, 2.05) is 20.9 Å². The van der Waals surface area contributed by atoms with E-state index in [0.29, 0.717) is 0 Å². The maximum Gasteiger partial charge on any atom is 0.252 e. The maximum absolute atomic E-state index is 11.8. The summed E-state index contributed by atoms with van der Waals surface area (Å²) in [6.45, 7) is 4.98. The molecule has 0 amide bonds. The van der Waals surface area contributed by atoms with E-state index >= 15 is 0 Å². The summed E-state index contributed by atoms with van der Waals surface area (Å²) in [5, 5.41) is 0. The van der Waals surface area contributed by atoms with E-state index in [-0.39, 0.29) is 17.0 Å². The Morgan fingerprint density at radius 3 is 2.45 bits per heavy atom. The highest BCUT2D eigenvalue weighted by Crippen LogP contribution is 2.37. The molecular formula is C15H26N4O. The van der Waals surface area contributed by atoms with E-state index in [2.05, 4.69) is 33.9 Å². The standard InChI is InChI=1S/C15H26N4O/c1-11(2)14-16-12(9-13(20)17-14)19(5)10-15(18(3)4)7-6-8-15/h9,11H,6-8,10H2,1-5H3,(H,16,17,20). The van der Waals surface area contributed by atoms with Crippen LogP contribution in [0, 0.1) is 0 Å². The first-order valence-electron chi connectivity index (χ1n) is 7.34. The van der Waals surface area contributed by atoms with Crippen molar-refractivity contribution < 1.29 is 0 Å². The van der Waals surface area contributed by atoms with Crippen LogP contribution in [0.25, 0.3) is 0 Å². The molecule has 0 aliphatic heterocycles. The summed E-state index contributed by atoms with van der Waals surface area (Å²) in [6.07, 6.45) is 3.71. The summed E-state index contributed by atoms with van der Waals surface area (Å²) >= 11 is 0. The molecule has 0 atom stereocenters. The Balaban J connectivity index is 2.21. The molecule has 0 unspecified atom stereocenters. The highest BCUT2D eigenvalue weighted by molar-refractivity contribution is 5.37. The highest BCUT2D eigenvalue weighted by Gasteiger charge is 2.40. The number of H-pyrrole nitrogens is 1. The zero-order chi connectivity index (χ0) is 14.9. The van der Waals surface area contributed by atoms with Gasteiger partial charge in [0.2, 0.25) is 0 Å². The molecule has 5 heteroatoms. The molecule has 0 bridgehead atoms. The van der Waals surface area contributed by atoms with Gasteiger partial charge in [-0.25, -0.2) is 4.98 Å². The van der Waals surface area contributed by atoms with Crippen LogP contribution in [-0.4, -0.2) is 48.1 Å². The number of nitrogens with zero attached hydrogens (tertiary/aromatic N) is 3. The van der Waals surface area contributed by atoms with Gasteiger partial charge in [-0.2, -0.15) is 0 Å². The number of hydrogen-bond donors (Lipinski definition) is 1. The number of likely N-dealkylation sites (N-methyl/N-ethyl adjacent to an activating group) is 2. The molecular weight excluding hydrogens is 252 g/mol. The van der Waals surface area contributed by atoms with E-state index in [1.165, 1.54) is 19.3 Å². The minimum absolute atomic E-state index is 0.0712. The fourth-order valence-electron chi connectivity index (χ4n) is 2.79. The van der Waals surface area contributed by atoms with Crippen molar-refractivity contribution >= 4 is 5.82 Å². The van der Waals surface area contributed by atoms with Crippen molar-refractivity contribution in [1.82, 2.24) is 14.9 Å². The summed E-state index contributed by atoms with van der Waals surface area (Å²) in [4.78, 5) is 23.6. The van der Waals surface area contributed by atoms with E-state index in [0.717, 1.165) is 18.2 Å². The monoisotopic (exact) mass is 278 g/mol. The Morgan fingerprint density at radius 2 is 2.00 bits per heavy atom. The summed E-state index contributed by atoms with van der Waals surface area (Å²) in [7, 11) is 6.30. The molecule has 1 fully saturated rings. The molecule has 0 aromatic carbocycles. The van der Waals surface area contributed by atoms with Gasteiger partial charge >= 0.3 is 0 Å². The van der Waals surface area contributed by atoms with Crippen LogP contribution in [0.15, 0.2) is 10.9 Å². The van der Waals surface area contributed by atoms with Gasteiger partial charge in [-0.1, -0.05) is 13.8 Å². The first-order valence-corrected chi connectivity index (χ1v) is 7.34. The second-order valence-corrected chi connectivity index (χ2v) is 6.47. The molecule has 1 aliphatic rings. The van der Waals surface area contributed by atoms with E-state index in [9.17, 15) is 4.79 Å². The largest absolute Gasteiger partial charge is 0.358 e. The van der Waals surface area contributed by atoms with Gasteiger partial charge in [0.1, 0.15) is 11.6 Å². The Labute approximate surface area is 121 Å². The zero-order valence-corrected chi connectivity index (χ0v) is 13.2. The maximum atomic E-state index is 11.8. The Hall–Kier alpha value is -1.36. The lowest BCUT2D eigenvalue weighted by Crippen LogP contribution is -2.57. The van der Waals surface area contributed by atoms with Crippen LogP contribution in [0.4, 0.5) is 5.82 Å². The van der Waals surface area contributed by atoms with Crippen LogP contribution in [0.3, 0.4) is 0 Å². The molecule has 1 N–H and O–H groups in total. The fraction of sp³-hybridized carbons (Fsp3) is 0.733. The lowest BCUT2D eigenvalue weighted by Gasteiger charge is -2.49. The average Bonchev–Trinajstić information content (AvgIpc) is 2.32. The molecule has 1 aromatic heterocycles. The molecule has 2 rings (SSSR count). The molecule has 0 spiro atoms. The van der Waals surface area contributed by atoms with Crippen molar-refractivity contribution in [2.75, 3.05) is 32.6 Å². The van der Waals surface area contributed by atoms with Gasteiger partial charge in [-0.15, -0.1) is 0 Å². The smallest absolute Gasteiger partial charge is 0.252 e. The average molecular weight is 278 g/mol. The summed E-state index contributed by atoms with van der Waals surface area (Å²) < 4.78 is 0. The number of hydrogen-bond acceptors (Lipinski definition) is 4. The molecule has 1 aromatic rings. The van der Waals surface area contributed by atoms with Crippen molar-refractivity contribution in [1.29, 1.82) is 0 Å². The topological polar surface area (TPSA) is 52.2 Å². The molecule has 0 saturated heterocycles. The first kappa shape index (κ1) is 15.0. The van der Waals surface area contributed by atoms with Crippen molar-refractivity contribution in [2.24, 2.45) is 0 Å². The second kappa shape index (κ2) is 5.56. The Kier molecular flexibility index (Phi) is 4.18. The molecule has 5 nitrogen and oxygen atoms in total. The third-order valence-corrected chi connectivity index (χ3v) is 4.45. The zero-order valence-electron chi connectivity index (χ0n) is 13.2. The van der Waals surface area contributed by atoms with Gasteiger partial charge in [0.05, 0.1) is 0 Å². The van der Waals surface area contributed by atoms with Gasteiger partial charge in [0.25, 0.3) is 5.56 Å². The molecule has 20 heavy (non-hydrogen) atoms. The third kappa shape index (κ3) is 2.87. The third-order valence-electron chi connectivity index (χ3n) is 4.45. The van der Waals surface area contributed by atoms with Crippen molar-refractivity contribution in [2.45, 2.75) is 44.6 Å². The van der Waals surface area contributed by atoms with E-state index in [1.54, 1.807) is 6.07 Å². The highest BCUT2D eigenvalue weighted by atomic mass is 16.1. The molecule has 1 saturated carbocycles. The first-order chi connectivity index (χ1) is 9.34. The Bertz CT molecular complexity index is 517. The number of aromatic nitrogens is 2. The normalized spacial score (nSPS) is 17.4. The summed E-state index contributed by atoms with van der Waals surface area (Å²) in [5.74, 6) is 1.75. The van der Waals surface area contributed by atoms with Gasteiger partial charge in [0, 0.05) is 31.1 Å². The van der Waals surface area contributed by atoms with Crippen molar-refractivity contribution in [3.63, 3.8) is 0 Å². The summed E-state index contributed by atoms with van der Waals surface area (Å²) in [5.41, 5.74) is 0.162. The summed E-state index contributed by atoms with van der Waals surface area (Å²) in [6, 6.07) is 1.59. The molecule has 0 radical (unpaired) electrons. The van der Waals surface area contributed by atoms with Crippen LogP contribution >= 0.6 is 0 Å². The quantitative estimate of drug-likeness (QED) is 0.892. The minimum Gasteiger partial charge on any atom is -0.358 e. The van der Waals surface area contributed by atoms with E-state index in [4.69, 9.17) is 0 Å². The lowest BCUT2D eigenvalue weighted by atomic mass is 9.75. The van der Waals surface area contributed by atoms with Crippen molar-refractivity contribution in [3.05, 3.63) is 22.2 Å². The van der Waals surface area contributed by atoms with Crippen LogP contribution in [0.1, 0.15) is 44.9 Å². The van der Waals surface area contributed by atoms with Crippen LogP contribution < -0.4 is 10.5 Å². The van der Waals surface area contributed by atoms with E-state index < -0.39 is 0 Å². The number of nitrogens with one attached hydrogen (secondary N) is 1. The fourth-order valence-corrected chi connectivity index (χ4v) is 2.79. The second-order valence-electron chi connectivity index (χ2n) is 6.47. The Morgan fingerprint density at radius 1 is 1.35 bits per heavy atom. The van der Waals surface area contributed by atoms with Crippen LogP contribution in [0.5, 0.6) is 0 Å². The minimum atomic E-state index is -0.0712. The SMILES string of the molecule is CC(C)c1nc(N(C)CC2(N(C)C)CCC2)cc(=O)[nH]1. The lowest BCUT2D eigenvalue weighted by molar-refractivity contribution is 0.0681. The molecule has 1 heterocycles. The predicted molar refractivity (Wildman–Crippen MR) is 82.5 cm³/mol. The molecule has 112 valence electrons. The van der Waals surface area contributed by atoms with Crippen LogP contribution in [0.2, 0.25) is 0 Å². The number of rotatable bonds is 5. The van der Waals surface area contributed by atoms with Crippen LogP contribution in [-0.2, 0) is 0 Å². The van der Waals surface area contributed by atoms with Crippen molar-refractivity contribution in [3.8, 4) is 0 Å². The van der Waals surface area contributed by atoms with Gasteiger partial charge < -0.3 is 14.8 Å². The number of anilines is 1. The van der Waals surface area contributed by atoms with Gasteiger partial charge in [-0.3, -0.25) is 4.79 Å². The van der Waals surface area contributed by atoms with Gasteiger partial charge in [-0.05, 0) is 33.4 Å². The predicted octanol–water partition coefficient (Wildman–Crippen LogP) is 1.81. The number of aromatic amines is 1. The molecule has 1 aliphatic carbocycles.